The van der Waals surface area contributed by atoms with Gasteiger partial charge in [-0.25, -0.2) is 4.98 Å². The molecule has 1 aliphatic heterocycles. The first-order valence-electron chi connectivity index (χ1n) is 9.82. The number of aromatic nitrogens is 1. The molecule has 0 amide bonds. The highest BCUT2D eigenvalue weighted by molar-refractivity contribution is 7.13. The third-order valence-electron chi connectivity index (χ3n) is 5.30. The van der Waals surface area contributed by atoms with E-state index in [4.69, 9.17) is 9.72 Å². The summed E-state index contributed by atoms with van der Waals surface area (Å²) in [6, 6.07) is 14.5. The van der Waals surface area contributed by atoms with Crippen LogP contribution in [0.5, 0.6) is 5.75 Å². The van der Waals surface area contributed by atoms with Crippen molar-refractivity contribution in [3.05, 3.63) is 69.2 Å². The second-order valence-corrected chi connectivity index (χ2v) is 8.06. The van der Waals surface area contributed by atoms with Crippen LogP contribution in [0.25, 0.3) is 10.6 Å². The lowest BCUT2D eigenvalue weighted by atomic mass is 10.1. The monoisotopic (exact) mass is 435 g/mol. The number of rotatable bonds is 6. The summed E-state index contributed by atoms with van der Waals surface area (Å²) in [5.41, 5.74) is 3.14. The Kier molecular flexibility index (Phi) is 6.11. The number of thiazole rings is 1. The summed E-state index contributed by atoms with van der Waals surface area (Å²) in [6.45, 7) is 3.93. The lowest BCUT2D eigenvalue weighted by Gasteiger charge is -2.36. The van der Waals surface area contributed by atoms with Crippen molar-refractivity contribution in [2.75, 3.05) is 38.2 Å². The van der Waals surface area contributed by atoms with Crippen LogP contribution in [0.4, 0.5) is 11.4 Å². The first kappa shape index (κ1) is 20.8. The van der Waals surface area contributed by atoms with Crippen LogP contribution < -0.4 is 9.64 Å². The van der Waals surface area contributed by atoms with E-state index in [-0.39, 0.29) is 5.69 Å². The molecule has 0 radical (unpaired) electrons. The molecule has 1 saturated heterocycles. The Balaban J connectivity index is 1.37. The van der Waals surface area contributed by atoms with Crippen LogP contribution in [0.3, 0.4) is 0 Å². The topological polar surface area (TPSA) is 95.5 Å². The number of nitro groups is 1. The lowest BCUT2D eigenvalue weighted by molar-refractivity contribution is -0.384. The molecule has 0 spiro atoms. The van der Waals surface area contributed by atoms with Gasteiger partial charge in [0.2, 0.25) is 0 Å². The molecule has 2 aromatic carbocycles. The summed E-state index contributed by atoms with van der Waals surface area (Å²) in [5, 5.41) is 23.4. The van der Waals surface area contributed by atoms with E-state index < -0.39 is 4.92 Å². The molecule has 3 aromatic rings. The van der Waals surface area contributed by atoms with E-state index in [1.54, 1.807) is 24.5 Å². The number of nitriles is 1. The third kappa shape index (κ3) is 4.66. The van der Waals surface area contributed by atoms with Gasteiger partial charge in [-0.3, -0.25) is 15.0 Å². The van der Waals surface area contributed by atoms with E-state index in [9.17, 15) is 15.4 Å². The Morgan fingerprint density at radius 1 is 1.19 bits per heavy atom. The number of nitro benzene ring substituents is 1. The minimum absolute atomic E-state index is 0.0601. The van der Waals surface area contributed by atoms with Gasteiger partial charge in [0.1, 0.15) is 16.8 Å². The normalized spacial score (nSPS) is 14.3. The van der Waals surface area contributed by atoms with Crippen LogP contribution in [-0.4, -0.2) is 48.1 Å². The molecule has 0 atom stereocenters. The van der Waals surface area contributed by atoms with Crippen molar-refractivity contribution in [3.8, 4) is 22.4 Å². The van der Waals surface area contributed by atoms with Gasteiger partial charge >= 0.3 is 0 Å². The van der Waals surface area contributed by atoms with Gasteiger partial charge < -0.3 is 9.64 Å². The lowest BCUT2D eigenvalue weighted by Crippen LogP contribution is -2.46. The fourth-order valence-corrected chi connectivity index (χ4v) is 4.44. The van der Waals surface area contributed by atoms with Crippen LogP contribution in [0, 0.1) is 21.4 Å². The second kappa shape index (κ2) is 9.12. The number of hydrogen-bond donors (Lipinski definition) is 0. The minimum atomic E-state index is -0.476. The van der Waals surface area contributed by atoms with E-state index in [0.717, 1.165) is 60.4 Å². The summed E-state index contributed by atoms with van der Waals surface area (Å²) in [5.74, 6) is 0.825. The van der Waals surface area contributed by atoms with Crippen molar-refractivity contribution in [2.24, 2.45) is 0 Å². The highest BCUT2D eigenvalue weighted by Gasteiger charge is 2.21. The fourth-order valence-electron chi connectivity index (χ4n) is 3.62. The van der Waals surface area contributed by atoms with Crippen LogP contribution in [0.15, 0.2) is 47.8 Å². The van der Waals surface area contributed by atoms with Gasteiger partial charge in [0.15, 0.2) is 0 Å². The van der Waals surface area contributed by atoms with Crippen molar-refractivity contribution in [3.63, 3.8) is 0 Å². The zero-order valence-electron chi connectivity index (χ0n) is 17.0. The molecule has 1 fully saturated rings. The summed E-state index contributed by atoms with van der Waals surface area (Å²) in [6.07, 6.45) is 0. The van der Waals surface area contributed by atoms with E-state index in [2.05, 4.69) is 21.2 Å². The molecule has 0 N–H and O–H groups in total. The molecule has 0 aliphatic carbocycles. The van der Waals surface area contributed by atoms with E-state index in [0.29, 0.717) is 5.56 Å². The second-order valence-electron chi connectivity index (χ2n) is 7.21. The Bertz CT molecular complexity index is 1110. The number of methoxy groups -OCH3 is 1. The Morgan fingerprint density at radius 2 is 1.94 bits per heavy atom. The first-order valence-corrected chi connectivity index (χ1v) is 10.7. The highest BCUT2D eigenvalue weighted by atomic mass is 32.1. The van der Waals surface area contributed by atoms with Gasteiger partial charge in [0.25, 0.3) is 5.69 Å². The summed E-state index contributed by atoms with van der Waals surface area (Å²) < 4.78 is 5.21. The van der Waals surface area contributed by atoms with Crippen molar-refractivity contribution in [1.82, 2.24) is 9.88 Å². The predicted molar refractivity (Wildman–Crippen MR) is 119 cm³/mol. The number of anilines is 1. The van der Waals surface area contributed by atoms with Gasteiger partial charge in [0, 0.05) is 55.8 Å². The molecule has 4 rings (SSSR count). The molecule has 8 nitrogen and oxygen atoms in total. The maximum absolute atomic E-state index is 11.0. The molecule has 9 heteroatoms. The fraction of sp³-hybridized carbons (Fsp3) is 0.273. The van der Waals surface area contributed by atoms with Gasteiger partial charge in [-0.1, -0.05) is 0 Å². The maximum Gasteiger partial charge on any atom is 0.270 e. The molecule has 0 bridgehead atoms. The number of piperazine rings is 1. The summed E-state index contributed by atoms with van der Waals surface area (Å²) in [4.78, 5) is 19.7. The molecule has 1 aromatic heterocycles. The number of non-ortho nitro benzene ring substituents is 1. The quantitative estimate of drug-likeness (QED) is 0.428. The van der Waals surface area contributed by atoms with E-state index in [1.165, 1.54) is 12.1 Å². The summed E-state index contributed by atoms with van der Waals surface area (Å²) >= 11 is 1.63. The molecule has 0 unspecified atom stereocenters. The number of nitrogens with zero attached hydrogens (tertiary/aromatic N) is 5. The van der Waals surface area contributed by atoms with Gasteiger partial charge in [-0.2, -0.15) is 5.26 Å². The molecule has 31 heavy (non-hydrogen) atoms. The Hall–Kier alpha value is -3.48. The average Bonchev–Trinajstić information content (AvgIpc) is 3.27. The zero-order valence-corrected chi connectivity index (χ0v) is 17.8. The average molecular weight is 436 g/mol. The predicted octanol–water partition coefficient (Wildman–Crippen LogP) is 3.92. The van der Waals surface area contributed by atoms with Crippen molar-refractivity contribution in [2.45, 2.75) is 6.54 Å². The van der Waals surface area contributed by atoms with Crippen LogP contribution in [0.1, 0.15) is 11.3 Å². The molecular formula is C22H21N5O3S. The standard InChI is InChI=1S/C22H21N5O3S/c1-30-20-5-2-16(3-6-20)22-24-18(15-31-22)14-25-8-10-26(11-9-25)21-7-4-19(27(28)29)12-17(21)13-23/h2-7,12,15H,8-11,14H2,1H3. The molecule has 1 aliphatic rings. The SMILES string of the molecule is COc1ccc(-c2nc(CN3CCN(c4ccc([N+](=O)[O-])cc4C#N)CC3)cs2)cc1. The molecular weight excluding hydrogens is 414 g/mol. The van der Waals surface area contributed by atoms with Gasteiger partial charge in [-0.05, 0) is 30.3 Å². The highest BCUT2D eigenvalue weighted by Crippen LogP contribution is 2.28. The Labute approximate surface area is 184 Å². The number of hydrogen-bond acceptors (Lipinski definition) is 8. The number of benzene rings is 2. The van der Waals surface area contributed by atoms with Crippen LogP contribution in [0.2, 0.25) is 0 Å². The van der Waals surface area contributed by atoms with Crippen LogP contribution in [-0.2, 0) is 6.54 Å². The minimum Gasteiger partial charge on any atom is -0.497 e. The van der Waals surface area contributed by atoms with Crippen LogP contribution >= 0.6 is 11.3 Å². The first-order chi connectivity index (χ1) is 15.1. The summed E-state index contributed by atoms with van der Waals surface area (Å²) in [7, 11) is 1.65. The molecule has 0 saturated carbocycles. The molecule has 2 heterocycles. The zero-order chi connectivity index (χ0) is 21.8. The van der Waals surface area contributed by atoms with Crippen molar-refractivity contribution >= 4 is 22.7 Å². The van der Waals surface area contributed by atoms with E-state index in [1.807, 2.05) is 24.3 Å². The van der Waals surface area contributed by atoms with E-state index >= 15 is 0 Å². The van der Waals surface area contributed by atoms with Gasteiger partial charge in [-0.15, -0.1) is 11.3 Å². The van der Waals surface area contributed by atoms with Crippen molar-refractivity contribution in [1.29, 1.82) is 5.26 Å². The smallest absolute Gasteiger partial charge is 0.270 e. The van der Waals surface area contributed by atoms with Gasteiger partial charge in [0.05, 0.1) is 29.0 Å². The number of ether oxygens (including phenoxy) is 1. The molecule has 158 valence electrons. The Morgan fingerprint density at radius 3 is 2.58 bits per heavy atom. The third-order valence-corrected chi connectivity index (χ3v) is 6.24. The largest absolute Gasteiger partial charge is 0.497 e. The maximum atomic E-state index is 11.0. The van der Waals surface area contributed by atoms with Crippen molar-refractivity contribution < 1.29 is 9.66 Å².